The van der Waals surface area contributed by atoms with E-state index in [0.717, 1.165) is 30.2 Å². The van der Waals surface area contributed by atoms with Crippen LogP contribution in [0.4, 0.5) is 5.69 Å². The van der Waals surface area contributed by atoms with Crippen LogP contribution in [-0.4, -0.2) is 36.2 Å². The van der Waals surface area contributed by atoms with Crippen molar-refractivity contribution in [3.05, 3.63) is 53.2 Å². The molecule has 0 spiro atoms. The first-order valence-electron chi connectivity index (χ1n) is 10.6. The van der Waals surface area contributed by atoms with Gasteiger partial charge in [-0.25, -0.2) is 4.79 Å². The van der Waals surface area contributed by atoms with Gasteiger partial charge in [0.25, 0.3) is 5.91 Å². The van der Waals surface area contributed by atoms with E-state index in [4.69, 9.17) is 14.2 Å². The summed E-state index contributed by atoms with van der Waals surface area (Å²) in [5.41, 5.74) is 4.59. The molecule has 0 radical (unpaired) electrons. The molecule has 0 fully saturated rings. The van der Waals surface area contributed by atoms with Crippen molar-refractivity contribution in [2.75, 3.05) is 18.5 Å². The molecule has 2 N–H and O–H groups in total. The zero-order valence-electron chi connectivity index (χ0n) is 17.3. The number of benzene rings is 2. The van der Waals surface area contributed by atoms with Crippen LogP contribution in [0.1, 0.15) is 41.4 Å². The lowest BCUT2D eigenvalue weighted by Gasteiger charge is -2.19. The van der Waals surface area contributed by atoms with Crippen LogP contribution in [0.3, 0.4) is 0 Å². The molecule has 1 aliphatic carbocycles. The van der Waals surface area contributed by atoms with Gasteiger partial charge in [0.2, 0.25) is 0 Å². The first-order valence-corrected chi connectivity index (χ1v) is 10.6. The molecule has 0 saturated carbocycles. The molecule has 1 atom stereocenters. The van der Waals surface area contributed by atoms with Gasteiger partial charge in [0.15, 0.2) is 17.6 Å². The Bertz CT molecular complexity index is 1170. The number of aryl methyl sites for hydroxylation is 2. The van der Waals surface area contributed by atoms with Gasteiger partial charge in [0.05, 0.1) is 5.56 Å². The van der Waals surface area contributed by atoms with Crippen molar-refractivity contribution in [2.45, 2.75) is 38.7 Å². The predicted molar refractivity (Wildman–Crippen MR) is 116 cm³/mol. The maximum atomic E-state index is 12.7. The maximum absolute atomic E-state index is 12.7. The van der Waals surface area contributed by atoms with Gasteiger partial charge in [-0.05, 0) is 68.5 Å². The van der Waals surface area contributed by atoms with Gasteiger partial charge in [0.1, 0.15) is 13.2 Å². The molecule has 0 bridgehead atoms. The second-order valence-corrected chi connectivity index (χ2v) is 7.94. The van der Waals surface area contributed by atoms with Crippen molar-refractivity contribution in [3.63, 3.8) is 0 Å². The summed E-state index contributed by atoms with van der Waals surface area (Å²) in [4.78, 5) is 28.7. The molecular formula is C24H24N2O5. The average Bonchev–Trinajstić information content (AvgIpc) is 3.17. The fourth-order valence-electron chi connectivity index (χ4n) is 4.18. The summed E-state index contributed by atoms with van der Waals surface area (Å²) in [6.45, 7) is 2.53. The van der Waals surface area contributed by atoms with E-state index in [1.807, 2.05) is 12.1 Å². The number of esters is 1. The van der Waals surface area contributed by atoms with Crippen LogP contribution in [0, 0.1) is 0 Å². The van der Waals surface area contributed by atoms with Crippen molar-refractivity contribution < 1.29 is 23.8 Å². The minimum Gasteiger partial charge on any atom is -0.486 e. The van der Waals surface area contributed by atoms with Gasteiger partial charge in [-0.1, -0.05) is 0 Å². The summed E-state index contributed by atoms with van der Waals surface area (Å²) in [6, 6.07) is 10.7. The molecular weight excluding hydrogens is 396 g/mol. The highest BCUT2D eigenvalue weighted by Crippen LogP contribution is 2.33. The Hall–Kier alpha value is -3.48. The number of aromatic nitrogens is 1. The fraction of sp³-hybridized carbons (Fsp3) is 0.333. The second-order valence-electron chi connectivity index (χ2n) is 7.94. The third-order valence-corrected chi connectivity index (χ3v) is 5.80. The van der Waals surface area contributed by atoms with E-state index in [-0.39, 0.29) is 0 Å². The van der Waals surface area contributed by atoms with Gasteiger partial charge < -0.3 is 24.5 Å². The summed E-state index contributed by atoms with van der Waals surface area (Å²) in [6.07, 6.45) is 3.45. The lowest BCUT2D eigenvalue weighted by Crippen LogP contribution is -2.30. The highest BCUT2D eigenvalue weighted by Gasteiger charge is 2.22. The first-order chi connectivity index (χ1) is 15.1. The number of fused-ring (bicyclic) bond motifs is 4. The number of anilines is 1. The molecule has 3 aromatic rings. The summed E-state index contributed by atoms with van der Waals surface area (Å²) in [5.74, 6) is 0.297. The van der Waals surface area contributed by atoms with Crippen molar-refractivity contribution >= 4 is 28.5 Å². The van der Waals surface area contributed by atoms with E-state index in [1.54, 1.807) is 31.2 Å². The summed E-state index contributed by atoms with van der Waals surface area (Å²) >= 11 is 0. The lowest BCUT2D eigenvalue weighted by atomic mass is 9.95. The minimum atomic E-state index is -0.948. The van der Waals surface area contributed by atoms with E-state index in [9.17, 15) is 9.59 Å². The van der Waals surface area contributed by atoms with Crippen LogP contribution >= 0.6 is 0 Å². The van der Waals surface area contributed by atoms with E-state index >= 15 is 0 Å². The SMILES string of the molecule is C[C@@H](OC(=O)c1ccc2[nH]c3c(c2c1)CCCC3)C(=O)Nc1ccc2c(c1)OCCO2. The number of amides is 1. The van der Waals surface area contributed by atoms with E-state index in [0.29, 0.717) is 36.0 Å². The number of hydrogen-bond donors (Lipinski definition) is 2. The van der Waals surface area contributed by atoms with Gasteiger partial charge in [-0.3, -0.25) is 4.79 Å². The van der Waals surface area contributed by atoms with Gasteiger partial charge in [-0.15, -0.1) is 0 Å². The predicted octanol–water partition coefficient (Wildman–Crippen LogP) is 4.00. The molecule has 31 heavy (non-hydrogen) atoms. The number of carbonyl (C=O) groups excluding carboxylic acids is 2. The molecule has 1 amide bonds. The van der Waals surface area contributed by atoms with Crippen molar-refractivity contribution in [2.24, 2.45) is 0 Å². The largest absolute Gasteiger partial charge is 0.486 e. The monoisotopic (exact) mass is 420 g/mol. The standard InChI is InChI=1S/C24H24N2O5/c1-14(23(27)25-16-7-9-21-22(13-16)30-11-10-29-21)31-24(28)15-6-8-20-18(12-15)17-4-2-3-5-19(17)26-20/h6-9,12-14,26H,2-5,10-11H2,1H3,(H,25,27)/t14-/m1/s1. The Morgan fingerprint density at radius 2 is 1.84 bits per heavy atom. The highest BCUT2D eigenvalue weighted by atomic mass is 16.6. The maximum Gasteiger partial charge on any atom is 0.338 e. The average molecular weight is 420 g/mol. The number of ether oxygens (including phenoxy) is 3. The van der Waals surface area contributed by atoms with Crippen LogP contribution in [0.5, 0.6) is 11.5 Å². The summed E-state index contributed by atoms with van der Waals surface area (Å²) in [7, 11) is 0. The Morgan fingerprint density at radius 3 is 2.71 bits per heavy atom. The van der Waals surface area contributed by atoms with Gasteiger partial charge in [-0.2, -0.15) is 0 Å². The summed E-state index contributed by atoms with van der Waals surface area (Å²) < 4.78 is 16.5. The molecule has 2 heterocycles. The highest BCUT2D eigenvalue weighted by molar-refractivity contribution is 5.99. The normalized spacial score (nSPS) is 15.8. The Balaban J connectivity index is 1.27. The number of hydrogen-bond acceptors (Lipinski definition) is 5. The molecule has 5 rings (SSSR count). The molecule has 2 aliphatic rings. The number of aromatic amines is 1. The molecule has 2 aromatic carbocycles. The van der Waals surface area contributed by atoms with Gasteiger partial charge >= 0.3 is 5.97 Å². The van der Waals surface area contributed by atoms with Crippen LogP contribution in [0.15, 0.2) is 36.4 Å². The molecule has 7 heteroatoms. The Morgan fingerprint density at radius 1 is 1.03 bits per heavy atom. The lowest BCUT2D eigenvalue weighted by molar-refractivity contribution is -0.123. The third kappa shape index (κ3) is 3.83. The molecule has 160 valence electrons. The number of rotatable bonds is 4. The number of nitrogens with one attached hydrogen (secondary N) is 2. The van der Waals surface area contributed by atoms with Crippen molar-refractivity contribution in [1.29, 1.82) is 0 Å². The van der Waals surface area contributed by atoms with E-state index in [1.165, 1.54) is 17.7 Å². The van der Waals surface area contributed by atoms with Gasteiger partial charge in [0, 0.05) is 28.4 Å². The zero-order chi connectivity index (χ0) is 21.4. The quantitative estimate of drug-likeness (QED) is 0.623. The van der Waals surface area contributed by atoms with Crippen molar-refractivity contribution in [1.82, 2.24) is 4.98 Å². The van der Waals surface area contributed by atoms with Crippen LogP contribution < -0.4 is 14.8 Å². The van der Waals surface area contributed by atoms with E-state index < -0.39 is 18.0 Å². The molecule has 1 aromatic heterocycles. The molecule has 7 nitrogen and oxygen atoms in total. The third-order valence-electron chi connectivity index (χ3n) is 5.80. The minimum absolute atomic E-state index is 0.412. The fourth-order valence-corrected chi connectivity index (χ4v) is 4.18. The zero-order valence-corrected chi connectivity index (χ0v) is 17.3. The van der Waals surface area contributed by atoms with Crippen LogP contribution in [-0.2, 0) is 22.4 Å². The van der Waals surface area contributed by atoms with Crippen LogP contribution in [0.25, 0.3) is 10.9 Å². The first kappa shape index (κ1) is 19.5. The van der Waals surface area contributed by atoms with Crippen molar-refractivity contribution in [3.8, 4) is 11.5 Å². The second kappa shape index (κ2) is 7.98. The molecule has 1 aliphatic heterocycles. The topological polar surface area (TPSA) is 89.7 Å². The number of H-pyrrole nitrogens is 1. The summed E-state index contributed by atoms with van der Waals surface area (Å²) in [5, 5.41) is 3.83. The van der Waals surface area contributed by atoms with E-state index in [2.05, 4.69) is 10.3 Å². The van der Waals surface area contributed by atoms with Crippen LogP contribution in [0.2, 0.25) is 0 Å². The Kier molecular flexibility index (Phi) is 5.02. The molecule has 0 saturated heterocycles. The Labute approximate surface area is 179 Å². The molecule has 0 unspecified atom stereocenters. The smallest absolute Gasteiger partial charge is 0.338 e. The number of carbonyl (C=O) groups is 2.